The van der Waals surface area contributed by atoms with Gasteiger partial charge in [0.1, 0.15) is 0 Å². The zero-order valence-corrected chi connectivity index (χ0v) is 12.3. The molecule has 1 saturated heterocycles. The summed E-state index contributed by atoms with van der Waals surface area (Å²) in [6.07, 6.45) is 0.973. The molecule has 1 unspecified atom stereocenters. The number of carbonyl (C=O) groups excluding carboxylic acids is 1. The summed E-state index contributed by atoms with van der Waals surface area (Å²) in [5, 5.41) is 1.23. The molecule has 106 valence electrons. The van der Waals surface area contributed by atoms with E-state index in [1.165, 1.54) is 22.0 Å². The Balaban J connectivity index is 2.04. The maximum absolute atomic E-state index is 11.3. The summed E-state index contributed by atoms with van der Waals surface area (Å²) in [5.41, 5.74) is 4.85. The first kappa shape index (κ1) is 13.2. The summed E-state index contributed by atoms with van der Waals surface area (Å²) >= 11 is 0. The molecule has 1 fully saturated rings. The fourth-order valence-corrected chi connectivity index (χ4v) is 3.15. The molecule has 0 bridgehead atoms. The highest BCUT2D eigenvalue weighted by Crippen LogP contribution is 2.28. The van der Waals surface area contributed by atoms with Crippen molar-refractivity contribution in [1.82, 2.24) is 14.8 Å². The van der Waals surface area contributed by atoms with E-state index in [0.717, 1.165) is 31.7 Å². The van der Waals surface area contributed by atoms with Crippen LogP contribution < -0.4 is 0 Å². The molecule has 1 aliphatic heterocycles. The fourth-order valence-electron chi connectivity index (χ4n) is 3.15. The van der Waals surface area contributed by atoms with Gasteiger partial charge in [-0.05, 0) is 38.6 Å². The molecule has 2 heterocycles. The second-order valence-corrected chi connectivity index (χ2v) is 5.89. The van der Waals surface area contributed by atoms with Crippen LogP contribution in [-0.4, -0.2) is 47.9 Å². The Labute approximate surface area is 119 Å². The van der Waals surface area contributed by atoms with Gasteiger partial charge in [-0.3, -0.25) is 4.79 Å². The third-order valence-electron chi connectivity index (χ3n) is 4.21. The maximum atomic E-state index is 11.3. The fraction of sp³-hybridized carbons (Fsp3) is 0.438. The van der Waals surface area contributed by atoms with Crippen molar-refractivity contribution in [1.29, 1.82) is 0 Å². The largest absolute Gasteiger partial charge is 0.356 e. The highest BCUT2D eigenvalue weighted by molar-refractivity contribution is 5.84. The number of nitrogens with zero attached hydrogens (tertiary/aromatic N) is 2. The number of nitrogens with one attached hydrogen (secondary N) is 1. The van der Waals surface area contributed by atoms with Gasteiger partial charge in [-0.25, -0.2) is 0 Å². The molecule has 4 heteroatoms. The number of fused-ring (bicyclic) bond motifs is 1. The molecule has 1 aliphatic rings. The minimum atomic E-state index is 0.123. The van der Waals surface area contributed by atoms with Gasteiger partial charge < -0.3 is 14.8 Å². The predicted octanol–water partition coefficient (Wildman–Crippen LogP) is 2.23. The number of hydrogen-bond acceptors (Lipinski definition) is 2. The van der Waals surface area contributed by atoms with Crippen LogP contribution in [0.2, 0.25) is 0 Å². The minimum absolute atomic E-state index is 0.123. The molecule has 2 aromatic rings. The van der Waals surface area contributed by atoms with E-state index < -0.39 is 0 Å². The molecule has 1 atom stereocenters. The molecule has 1 aromatic carbocycles. The zero-order valence-electron chi connectivity index (χ0n) is 12.3. The number of hydrogen-bond donors (Lipinski definition) is 1. The Bertz CT molecular complexity index is 646. The van der Waals surface area contributed by atoms with Crippen LogP contribution >= 0.6 is 0 Å². The van der Waals surface area contributed by atoms with Gasteiger partial charge in [-0.1, -0.05) is 11.6 Å². The van der Waals surface area contributed by atoms with Gasteiger partial charge in [-0.2, -0.15) is 0 Å². The molecule has 0 aliphatic carbocycles. The Morgan fingerprint density at radius 3 is 2.80 bits per heavy atom. The second kappa shape index (κ2) is 4.94. The van der Waals surface area contributed by atoms with Crippen molar-refractivity contribution in [3.8, 4) is 0 Å². The van der Waals surface area contributed by atoms with Gasteiger partial charge in [0.05, 0.1) is 6.04 Å². The Kier molecular flexibility index (Phi) is 3.26. The van der Waals surface area contributed by atoms with E-state index in [0.29, 0.717) is 0 Å². The van der Waals surface area contributed by atoms with Gasteiger partial charge in [0.15, 0.2) is 0 Å². The van der Waals surface area contributed by atoms with Crippen molar-refractivity contribution in [2.45, 2.75) is 19.9 Å². The molecular formula is C16H21N3O. The van der Waals surface area contributed by atoms with Crippen LogP contribution in [0.4, 0.5) is 0 Å². The van der Waals surface area contributed by atoms with E-state index in [1.54, 1.807) is 0 Å². The Morgan fingerprint density at radius 2 is 2.05 bits per heavy atom. The monoisotopic (exact) mass is 271 g/mol. The second-order valence-electron chi connectivity index (χ2n) is 5.89. The van der Waals surface area contributed by atoms with Crippen LogP contribution in [0, 0.1) is 13.8 Å². The molecule has 0 spiro atoms. The van der Waals surface area contributed by atoms with Crippen molar-refractivity contribution >= 4 is 17.3 Å². The summed E-state index contributed by atoms with van der Waals surface area (Å²) < 4.78 is 0. The van der Waals surface area contributed by atoms with Crippen molar-refractivity contribution in [2.24, 2.45) is 0 Å². The van der Waals surface area contributed by atoms with Gasteiger partial charge in [-0.15, -0.1) is 0 Å². The molecule has 1 aromatic heterocycles. The SMILES string of the molecule is Cc1cc(C)c2[nH]c(C3CN(C)CCN3C=O)cc2c1. The summed E-state index contributed by atoms with van der Waals surface area (Å²) in [5.74, 6) is 0. The molecule has 4 nitrogen and oxygen atoms in total. The average molecular weight is 271 g/mol. The third-order valence-corrected chi connectivity index (χ3v) is 4.21. The van der Waals surface area contributed by atoms with Gasteiger partial charge in [0, 0.05) is 36.2 Å². The quantitative estimate of drug-likeness (QED) is 0.851. The van der Waals surface area contributed by atoms with E-state index in [4.69, 9.17) is 0 Å². The summed E-state index contributed by atoms with van der Waals surface area (Å²) in [6, 6.07) is 6.70. The zero-order chi connectivity index (χ0) is 14.3. The number of H-pyrrole nitrogens is 1. The topological polar surface area (TPSA) is 39.3 Å². The lowest BCUT2D eigenvalue weighted by molar-refractivity contribution is -0.122. The predicted molar refractivity (Wildman–Crippen MR) is 80.8 cm³/mol. The van der Waals surface area contributed by atoms with Crippen LogP contribution in [0.25, 0.3) is 10.9 Å². The summed E-state index contributed by atoms with van der Waals surface area (Å²) in [6.45, 7) is 6.85. The number of aromatic nitrogens is 1. The lowest BCUT2D eigenvalue weighted by atomic mass is 10.1. The van der Waals surface area contributed by atoms with Crippen molar-refractivity contribution < 1.29 is 4.79 Å². The normalized spacial score (nSPS) is 20.6. The average Bonchev–Trinajstić information content (AvgIpc) is 2.82. The first-order valence-electron chi connectivity index (χ1n) is 7.08. The number of likely N-dealkylation sites (N-methyl/N-ethyl adjacent to an activating group) is 1. The number of amides is 1. The standard InChI is InChI=1S/C16H21N3O/c1-11-6-12(2)16-13(7-11)8-14(17-16)15-9-18(3)4-5-19(15)10-20/h6-8,10,15,17H,4-5,9H2,1-3H3. The smallest absolute Gasteiger partial charge is 0.210 e. The highest BCUT2D eigenvalue weighted by Gasteiger charge is 2.26. The summed E-state index contributed by atoms with van der Waals surface area (Å²) in [4.78, 5) is 19.0. The van der Waals surface area contributed by atoms with E-state index in [2.05, 4.69) is 49.0 Å². The number of aromatic amines is 1. The van der Waals surface area contributed by atoms with Crippen molar-refractivity contribution in [2.75, 3.05) is 26.7 Å². The molecular weight excluding hydrogens is 250 g/mol. The van der Waals surface area contributed by atoms with Gasteiger partial charge in [0.2, 0.25) is 6.41 Å². The van der Waals surface area contributed by atoms with Crippen molar-refractivity contribution in [3.05, 3.63) is 35.0 Å². The first-order valence-corrected chi connectivity index (χ1v) is 7.08. The van der Waals surface area contributed by atoms with E-state index >= 15 is 0 Å². The van der Waals surface area contributed by atoms with Crippen LogP contribution in [0.15, 0.2) is 18.2 Å². The van der Waals surface area contributed by atoms with Crippen LogP contribution in [-0.2, 0) is 4.79 Å². The van der Waals surface area contributed by atoms with E-state index in [1.807, 2.05) is 4.90 Å². The van der Waals surface area contributed by atoms with E-state index in [-0.39, 0.29) is 6.04 Å². The number of aryl methyl sites for hydroxylation is 2. The third kappa shape index (κ3) is 2.20. The first-order chi connectivity index (χ1) is 9.58. The molecule has 20 heavy (non-hydrogen) atoms. The van der Waals surface area contributed by atoms with Crippen LogP contribution in [0.5, 0.6) is 0 Å². The van der Waals surface area contributed by atoms with E-state index in [9.17, 15) is 4.79 Å². The Morgan fingerprint density at radius 1 is 1.25 bits per heavy atom. The minimum Gasteiger partial charge on any atom is -0.356 e. The molecule has 3 rings (SSSR count). The van der Waals surface area contributed by atoms with Gasteiger partial charge in [0.25, 0.3) is 0 Å². The maximum Gasteiger partial charge on any atom is 0.210 e. The number of benzene rings is 1. The highest BCUT2D eigenvalue weighted by atomic mass is 16.1. The van der Waals surface area contributed by atoms with Crippen LogP contribution in [0.3, 0.4) is 0 Å². The van der Waals surface area contributed by atoms with Crippen LogP contribution in [0.1, 0.15) is 22.9 Å². The summed E-state index contributed by atoms with van der Waals surface area (Å²) in [7, 11) is 2.10. The lowest BCUT2D eigenvalue weighted by Crippen LogP contribution is -2.46. The Hall–Kier alpha value is -1.81. The number of rotatable bonds is 2. The molecule has 0 saturated carbocycles. The number of carbonyl (C=O) groups is 1. The number of piperazine rings is 1. The van der Waals surface area contributed by atoms with Crippen molar-refractivity contribution in [3.63, 3.8) is 0 Å². The van der Waals surface area contributed by atoms with Gasteiger partial charge >= 0.3 is 0 Å². The lowest BCUT2D eigenvalue weighted by Gasteiger charge is -2.37. The molecule has 0 radical (unpaired) electrons. The molecule has 1 N–H and O–H groups in total. The molecule has 1 amide bonds.